The number of aromatic amines is 1. The van der Waals surface area contributed by atoms with E-state index in [1.165, 1.54) is 0 Å². The van der Waals surface area contributed by atoms with Gasteiger partial charge >= 0.3 is 4.87 Å². The number of rotatable bonds is 3. The van der Waals surface area contributed by atoms with E-state index < -0.39 is 10.0 Å². The maximum absolute atomic E-state index is 12.0. The van der Waals surface area contributed by atoms with E-state index in [0.29, 0.717) is 43.3 Å². The molecule has 1 aromatic heterocycles. The highest BCUT2D eigenvalue weighted by Crippen LogP contribution is 2.15. The highest BCUT2D eigenvalue weighted by Gasteiger charge is 2.24. The van der Waals surface area contributed by atoms with Crippen LogP contribution in [0.3, 0.4) is 0 Å². The molecule has 2 rings (SSSR count). The van der Waals surface area contributed by atoms with Crippen molar-refractivity contribution >= 4 is 21.4 Å². The van der Waals surface area contributed by atoms with Gasteiger partial charge in [-0.05, 0) is 6.92 Å². The summed E-state index contributed by atoms with van der Waals surface area (Å²) in [5, 5.41) is 1.57. The van der Waals surface area contributed by atoms with E-state index in [1.54, 1.807) is 11.9 Å². The molecule has 1 aliphatic heterocycles. The number of ether oxygens (including phenoxy) is 1. The minimum absolute atomic E-state index is 0.0361. The standard InChI is InChI=1S/C8H13N3O4S2/c1-6-7(16-8(12)9-6)17(13,14)10-11-2-4-15-5-3-11/h10H,2-5H2,1H3,(H,9,12). The Hall–Kier alpha value is -0.740. The summed E-state index contributed by atoms with van der Waals surface area (Å²) >= 11 is 0.690. The lowest BCUT2D eigenvalue weighted by molar-refractivity contribution is 0.0272. The van der Waals surface area contributed by atoms with Crippen molar-refractivity contribution in [2.75, 3.05) is 26.3 Å². The van der Waals surface area contributed by atoms with Gasteiger partial charge in [-0.3, -0.25) is 4.79 Å². The second-order valence-electron chi connectivity index (χ2n) is 3.62. The first-order valence-corrected chi connectivity index (χ1v) is 7.34. The Labute approximate surface area is 102 Å². The van der Waals surface area contributed by atoms with Crippen molar-refractivity contribution in [1.29, 1.82) is 0 Å². The Morgan fingerprint density at radius 2 is 2.06 bits per heavy atom. The molecular formula is C8H13N3O4S2. The van der Waals surface area contributed by atoms with Crippen LogP contribution < -0.4 is 9.70 Å². The zero-order chi connectivity index (χ0) is 12.5. The molecule has 0 radical (unpaired) electrons. The Kier molecular flexibility index (Phi) is 3.64. The van der Waals surface area contributed by atoms with E-state index in [-0.39, 0.29) is 9.08 Å². The summed E-state index contributed by atoms with van der Waals surface area (Å²) < 4.78 is 29.1. The number of morpholine rings is 1. The van der Waals surface area contributed by atoms with Gasteiger partial charge < -0.3 is 9.72 Å². The average Bonchev–Trinajstić information content (AvgIpc) is 2.59. The largest absolute Gasteiger partial charge is 0.379 e. The molecule has 7 nitrogen and oxygen atoms in total. The zero-order valence-corrected chi connectivity index (χ0v) is 10.9. The maximum atomic E-state index is 12.0. The second-order valence-corrected chi connectivity index (χ2v) is 6.46. The topological polar surface area (TPSA) is 91.5 Å². The number of sulfonamides is 1. The van der Waals surface area contributed by atoms with E-state index in [0.717, 1.165) is 0 Å². The molecule has 0 amide bonds. The third-order valence-electron chi connectivity index (χ3n) is 2.29. The molecule has 0 unspecified atom stereocenters. The fraction of sp³-hybridized carbons (Fsp3) is 0.625. The molecule has 2 N–H and O–H groups in total. The highest BCUT2D eigenvalue weighted by atomic mass is 32.2. The summed E-state index contributed by atoms with van der Waals surface area (Å²) in [6.45, 7) is 3.54. The first-order valence-electron chi connectivity index (χ1n) is 5.04. The zero-order valence-electron chi connectivity index (χ0n) is 9.23. The van der Waals surface area contributed by atoms with E-state index >= 15 is 0 Å². The maximum Gasteiger partial charge on any atom is 0.305 e. The van der Waals surface area contributed by atoms with Gasteiger partial charge in [0.1, 0.15) is 0 Å². The Balaban J connectivity index is 2.18. The summed E-state index contributed by atoms with van der Waals surface area (Å²) in [4.78, 5) is 15.6. The van der Waals surface area contributed by atoms with Crippen molar-refractivity contribution in [3.05, 3.63) is 15.4 Å². The van der Waals surface area contributed by atoms with E-state index in [4.69, 9.17) is 4.74 Å². The highest BCUT2D eigenvalue weighted by molar-refractivity contribution is 7.91. The first-order chi connectivity index (χ1) is 7.99. The summed E-state index contributed by atoms with van der Waals surface area (Å²) in [7, 11) is -3.66. The van der Waals surface area contributed by atoms with Gasteiger partial charge in [0.05, 0.1) is 13.2 Å². The van der Waals surface area contributed by atoms with Crippen LogP contribution in [-0.4, -0.2) is 44.7 Å². The fourth-order valence-corrected chi connectivity index (χ4v) is 3.93. The van der Waals surface area contributed by atoms with Crippen molar-refractivity contribution in [2.45, 2.75) is 11.1 Å². The van der Waals surface area contributed by atoms with Crippen LogP contribution in [0.1, 0.15) is 5.69 Å². The van der Waals surface area contributed by atoms with Gasteiger partial charge in [-0.2, -0.15) is 0 Å². The second kappa shape index (κ2) is 4.86. The summed E-state index contributed by atoms with van der Waals surface area (Å²) in [5.41, 5.74) is 0.362. The third-order valence-corrected chi connectivity index (χ3v) is 5.27. The third kappa shape index (κ3) is 2.93. The van der Waals surface area contributed by atoms with Gasteiger partial charge in [-0.25, -0.2) is 13.4 Å². The molecule has 2 heterocycles. The lowest BCUT2D eigenvalue weighted by Crippen LogP contribution is -2.48. The Morgan fingerprint density at radius 3 is 2.59 bits per heavy atom. The van der Waals surface area contributed by atoms with Crippen LogP contribution in [0.4, 0.5) is 0 Å². The molecule has 17 heavy (non-hydrogen) atoms. The number of hydrazine groups is 1. The SMILES string of the molecule is Cc1[nH]c(=O)sc1S(=O)(=O)NN1CCOCC1. The van der Waals surface area contributed by atoms with Gasteiger partial charge in [-0.15, -0.1) is 4.83 Å². The molecule has 0 aliphatic carbocycles. The van der Waals surface area contributed by atoms with Crippen LogP contribution in [0, 0.1) is 6.92 Å². The monoisotopic (exact) mass is 279 g/mol. The minimum atomic E-state index is -3.66. The fourth-order valence-electron chi connectivity index (χ4n) is 1.51. The number of hydrogen-bond acceptors (Lipinski definition) is 6. The number of H-pyrrole nitrogens is 1. The molecule has 1 aliphatic rings. The van der Waals surface area contributed by atoms with Crippen molar-refractivity contribution in [3.8, 4) is 0 Å². The van der Waals surface area contributed by atoms with E-state index in [1.807, 2.05) is 0 Å². The summed E-state index contributed by atoms with van der Waals surface area (Å²) in [6.07, 6.45) is 0. The first kappa shape index (κ1) is 12.7. The van der Waals surface area contributed by atoms with Crippen molar-refractivity contribution in [2.24, 2.45) is 0 Å². The summed E-state index contributed by atoms with van der Waals surface area (Å²) in [5.74, 6) is 0. The summed E-state index contributed by atoms with van der Waals surface area (Å²) in [6, 6.07) is 0. The van der Waals surface area contributed by atoms with Crippen molar-refractivity contribution in [3.63, 3.8) is 0 Å². The Morgan fingerprint density at radius 1 is 1.41 bits per heavy atom. The predicted molar refractivity (Wildman–Crippen MR) is 62.4 cm³/mol. The van der Waals surface area contributed by atoms with Gasteiger partial charge in [0.2, 0.25) is 0 Å². The van der Waals surface area contributed by atoms with Crippen LogP contribution in [0.25, 0.3) is 0 Å². The minimum Gasteiger partial charge on any atom is -0.379 e. The molecule has 1 aromatic rings. The molecule has 0 atom stereocenters. The van der Waals surface area contributed by atoms with Crippen LogP contribution in [-0.2, 0) is 14.8 Å². The van der Waals surface area contributed by atoms with E-state index in [2.05, 4.69) is 9.82 Å². The van der Waals surface area contributed by atoms with E-state index in [9.17, 15) is 13.2 Å². The molecule has 96 valence electrons. The molecule has 0 spiro atoms. The lowest BCUT2D eigenvalue weighted by Gasteiger charge is -2.26. The predicted octanol–water partition coefficient (Wildman–Crippen LogP) is -0.730. The molecule has 9 heteroatoms. The van der Waals surface area contributed by atoms with Crippen molar-refractivity contribution in [1.82, 2.24) is 14.8 Å². The average molecular weight is 279 g/mol. The normalized spacial score (nSPS) is 18.4. The number of nitrogens with zero attached hydrogens (tertiary/aromatic N) is 1. The molecule has 0 aromatic carbocycles. The van der Waals surface area contributed by atoms with Crippen LogP contribution in [0.2, 0.25) is 0 Å². The van der Waals surface area contributed by atoms with Gasteiger partial charge in [0.25, 0.3) is 10.0 Å². The quantitative estimate of drug-likeness (QED) is 0.761. The van der Waals surface area contributed by atoms with Crippen LogP contribution >= 0.6 is 11.3 Å². The molecule has 0 saturated carbocycles. The number of aryl methyl sites for hydroxylation is 1. The van der Waals surface area contributed by atoms with Crippen LogP contribution in [0.15, 0.2) is 9.00 Å². The molecule has 1 fully saturated rings. The molecule has 1 saturated heterocycles. The van der Waals surface area contributed by atoms with Gasteiger partial charge in [-0.1, -0.05) is 11.3 Å². The lowest BCUT2D eigenvalue weighted by atomic mass is 10.5. The Bertz CT molecular complexity index is 541. The van der Waals surface area contributed by atoms with Gasteiger partial charge in [0.15, 0.2) is 4.21 Å². The molecular weight excluding hydrogens is 266 g/mol. The number of nitrogens with one attached hydrogen (secondary N) is 2. The molecule has 0 bridgehead atoms. The smallest absolute Gasteiger partial charge is 0.305 e. The number of hydrogen-bond donors (Lipinski definition) is 2. The number of aromatic nitrogens is 1. The van der Waals surface area contributed by atoms with Gasteiger partial charge in [0, 0.05) is 18.8 Å². The number of thiazole rings is 1. The van der Waals surface area contributed by atoms with Crippen molar-refractivity contribution < 1.29 is 13.2 Å². The van der Waals surface area contributed by atoms with Crippen LogP contribution in [0.5, 0.6) is 0 Å².